The highest BCUT2D eigenvalue weighted by molar-refractivity contribution is 6.34. The van der Waals surface area contributed by atoms with Gasteiger partial charge in [-0.3, -0.25) is 4.79 Å². The van der Waals surface area contributed by atoms with Crippen LogP contribution >= 0.6 is 11.6 Å². The summed E-state index contributed by atoms with van der Waals surface area (Å²) in [7, 11) is 0. The number of nitrogens with two attached hydrogens (primary N) is 3. The van der Waals surface area contributed by atoms with Crippen LogP contribution in [0.5, 0.6) is 0 Å². The molecule has 0 atom stereocenters. The van der Waals surface area contributed by atoms with E-state index in [-0.39, 0.29) is 22.2 Å². The summed E-state index contributed by atoms with van der Waals surface area (Å²) in [6.45, 7) is 2.39. The van der Waals surface area contributed by atoms with Crippen molar-refractivity contribution in [3.63, 3.8) is 0 Å². The minimum absolute atomic E-state index is 0.124. The van der Waals surface area contributed by atoms with Gasteiger partial charge in [0.1, 0.15) is 11.7 Å². The third kappa shape index (κ3) is 4.42. The summed E-state index contributed by atoms with van der Waals surface area (Å²) in [5, 5.41) is 8.19. The van der Waals surface area contributed by atoms with Crippen LogP contribution in [-0.4, -0.2) is 49.2 Å². The van der Waals surface area contributed by atoms with Crippen LogP contribution in [0.1, 0.15) is 15.9 Å². The largest absolute Gasteiger partial charge is 0.404 e. The lowest BCUT2D eigenvalue weighted by atomic mass is 9.95. The lowest BCUT2D eigenvalue weighted by Crippen LogP contribution is -2.36. The minimum Gasteiger partial charge on any atom is -0.404 e. The van der Waals surface area contributed by atoms with Gasteiger partial charge in [0.05, 0.1) is 23.8 Å². The minimum atomic E-state index is -0.674. The van der Waals surface area contributed by atoms with Crippen LogP contribution in [0.15, 0.2) is 41.5 Å². The molecule has 2 aromatic rings. The highest BCUT2D eigenvalue weighted by atomic mass is 35.5. The normalized spacial score (nSPS) is 14.8. The van der Waals surface area contributed by atoms with E-state index in [1.54, 1.807) is 24.3 Å². The zero-order valence-electron chi connectivity index (χ0n) is 16.1. The summed E-state index contributed by atoms with van der Waals surface area (Å²) >= 11 is 6.25. The van der Waals surface area contributed by atoms with Gasteiger partial charge in [0.2, 0.25) is 0 Å². The van der Waals surface area contributed by atoms with E-state index in [9.17, 15) is 4.79 Å². The van der Waals surface area contributed by atoms with Gasteiger partial charge in [-0.05, 0) is 35.5 Å². The molecule has 30 heavy (non-hydrogen) atoms. The Morgan fingerprint density at radius 3 is 2.63 bits per heavy atom. The average molecular weight is 428 g/mol. The Hall–Kier alpha value is -3.43. The fourth-order valence-electron chi connectivity index (χ4n) is 3.19. The molecule has 0 saturated carbocycles. The molecule has 10 heteroatoms. The molecule has 9 nitrogen and oxygen atoms in total. The van der Waals surface area contributed by atoms with Gasteiger partial charge in [-0.25, -0.2) is 9.98 Å². The van der Waals surface area contributed by atoms with E-state index in [4.69, 9.17) is 38.9 Å². The molecule has 156 valence electrons. The summed E-state index contributed by atoms with van der Waals surface area (Å²) in [6.07, 6.45) is 3.79. The number of aliphatic imine (C=N–C) groups is 1. The second-order valence-corrected chi connectivity index (χ2v) is 6.84. The molecule has 1 fully saturated rings. The van der Waals surface area contributed by atoms with Crippen LogP contribution < -0.4 is 22.1 Å². The second-order valence-electron chi connectivity index (χ2n) is 6.43. The summed E-state index contributed by atoms with van der Waals surface area (Å²) in [6, 6.07) is 6.80. The number of carbonyl (C=O) groups excluding carboxylic acids is 1. The first-order chi connectivity index (χ1) is 14.5. The average Bonchev–Trinajstić information content (AvgIpc) is 2.73. The maximum absolute atomic E-state index is 12.1. The van der Waals surface area contributed by atoms with Crippen molar-refractivity contribution in [1.82, 2.24) is 4.98 Å². The number of pyridine rings is 1. The van der Waals surface area contributed by atoms with Crippen molar-refractivity contribution in [3.05, 3.63) is 52.7 Å². The van der Waals surface area contributed by atoms with Crippen molar-refractivity contribution < 1.29 is 9.53 Å². The Bertz CT molecular complexity index is 1030. The van der Waals surface area contributed by atoms with E-state index in [1.165, 1.54) is 12.3 Å². The summed E-state index contributed by atoms with van der Waals surface area (Å²) in [4.78, 5) is 23.1. The molecule has 2 heterocycles. The molecular weight excluding hydrogens is 406 g/mol. The van der Waals surface area contributed by atoms with E-state index in [1.807, 2.05) is 4.90 Å². The second kappa shape index (κ2) is 9.38. The van der Waals surface area contributed by atoms with E-state index >= 15 is 0 Å². The predicted octanol–water partition coefficient (Wildman–Crippen LogP) is 1.80. The highest BCUT2D eigenvalue weighted by Gasteiger charge is 2.22. The van der Waals surface area contributed by atoms with E-state index in [0.717, 1.165) is 6.21 Å². The molecule has 1 aromatic heterocycles. The molecule has 0 aliphatic carbocycles. The van der Waals surface area contributed by atoms with Gasteiger partial charge < -0.3 is 32.2 Å². The number of halogens is 1. The number of ether oxygens (including phenoxy) is 1. The first kappa shape index (κ1) is 21.3. The zero-order chi connectivity index (χ0) is 21.7. The van der Waals surface area contributed by atoms with E-state index in [0.29, 0.717) is 48.8 Å². The maximum atomic E-state index is 12.1. The number of morpholine rings is 1. The van der Waals surface area contributed by atoms with Crippen molar-refractivity contribution in [3.8, 4) is 11.1 Å². The Morgan fingerprint density at radius 1 is 1.27 bits per heavy atom. The number of hydrogen-bond acceptors (Lipinski definition) is 7. The summed E-state index contributed by atoms with van der Waals surface area (Å²) in [5.41, 5.74) is 18.4. The number of rotatable bonds is 6. The Balaban J connectivity index is 2.31. The Morgan fingerprint density at radius 2 is 2.00 bits per heavy atom. The van der Waals surface area contributed by atoms with E-state index < -0.39 is 5.91 Å². The molecule has 0 spiro atoms. The number of hydrogen-bond donors (Lipinski definition) is 4. The van der Waals surface area contributed by atoms with Crippen molar-refractivity contribution in [2.24, 2.45) is 22.2 Å². The van der Waals surface area contributed by atoms with Crippen LogP contribution in [0, 0.1) is 5.41 Å². The monoisotopic (exact) mass is 427 g/mol. The lowest BCUT2D eigenvalue weighted by molar-refractivity contribution is 0.100. The maximum Gasteiger partial charge on any atom is 0.250 e. The molecule has 1 saturated heterocycles. The topological polar surface area (TPSA) is 157 Å². The summed E-state index contributed by atoms with van der Waals surface area (Å²) in [5.74, 6) is 0.277. The number of anilines is 1. The number of amidine groups is 1. The molecular formula is C20H22ClN7O2. The lowest BCUT2D eigenvalue weighted by Gasteiger charge is -2.29. The number of nitrogens with zero attached hydrogens (tertiary/aromatic N) is 3. The van der Waals surface area contributed by atoms with Gasteiger partial charge in [0, 0.05) is 24.9 Å². The number of carbonyl (C=O) groups is 1. The first-order valence-corrected chi connectivity index (χ1v) is 9.53. The van der Waals surface area contributed by atoms with Crippen molar-refractivity contribution in [2.75, 3.05) is 31.2 Å². The van der Waals surface area contributed by atoms with Crippen LogP contribution in [0.25, 0.3) is 11.1 Å². The van der Waals surface area contributed by atoms with Gasteiger partial charge >= 0.3 is 0 Å². The quantitative estimate of drug-likeness (QED) is 0.406. The number of aromatic nitrogens is 1. The smallest absolute Gasteiger partial charge is 0.250 e. The van der Waals surface area contributed by atoms with Gasteiger partial charge in [0.25, 0.3) is 5.91 Å². The van der Waals surface area contributed by atoms with Crippen LogP contribution in [0.4, 0.5) is 11.6 Å². The van der Waals surface area contributed by atoms with Gasteiger partial charge in [-0.2, -0.15) is 0 Å². The van der Waals surface area contributed by atoms with Gasteiger partial charge in [-0.15, -0.1) is 0 Å². The molecule has 0 unspecified atom stereocenters. The fourth-order valence-corrected chi connectivity index (χ4v) is 3.46. The molecule has 0 radical (unpaired) electrons. The van der Waals surface area contributed by atoms with Crippen molar-refractivity contribution >= 4 is 41.2 Å². The van der Waals surface area contributed by atoms with Gasteiger partial charge in [0.15, 0.2) is 5.82 Å². The van der Waals surface area contributed by atoms with E-state index in [2.05, 4.69) is 9.98 Å². The predicted molar refractivity (Wildman–Crippen MR) is 119 cm³/mol. The standard InChI is InChI=1S/C20H22ClN7O2/c21-15-3-1-2-12(18(15)19(25)29)13-10-17(28-6-8-30-9-7-28)27-20(14(13)11-23)26-16(24)4-5-22/h1-5,10-11,23H,6-9,22H2,(H2,25,29)(H2,24,26,27)/b5-4-,23-11?. The molecule has 1 aliphatic rings. The molecule has 0 bridgehead atoms. The summed E-state index contributed by atoms with van der Waals surface area (Å²) < 4.78 is 5.42. The zero-order valence-corrected chi connectivity index (χ0v) is 16.9. The van der Waals surface area contributed by atoms with Crippen LogP contribution in [-0.2, 0) is 4.74 Å². The molecule has 1 aliphatic heterocycles. The third-order valence-electron chi connectivity index (χ3n) is 4.56. The number of primary amides is 1. The number of nitrogens with one attached hydrogen (secondary N) is 1. The van der Waals surface area contributed by atoms with Crippen LogP contribution in [0.2, 0.25) is 5.02 Å². The number of benzene rings is 1. The SMILES string of the molecule is N=Cc1c(-c2cccc(Cl)c2C(N)=O)cc(N2CCOCC2)nc1/N=C(N)\C=C/N. The number of amides is 1. The van der Waals surface area contributed by atoms with Crippen LogP contribution in [0.3, 0.4) is 0 Å². The molecule has 1 aromatic carbocycles. The molecule has 7 N–H and O–H groups in total. The van der Waals surface area contributed by atoms with Gasteiger partial charge in [-0.1, -0.05) is 23.7 Å². The molecule has 3 rings (SSSR count). The molecule has 1 amide bonds. The Labute approximate surface area is 178 Å². The Kier molecular flexibility index (Phi) is 6.65. The first-order valence-electron chi connectivity index (χ1n) is 9.15. The third-order valence-corrected chi connectivity index (χ3v) is 4.87. The highest BCUT2D eigenvalue weighted by Crippen LogP contribution is 2.36. The van der Waals surface area contributed by atoms with Crippen molar-refractivity contribution in [2.45, 2.75) is 0 Å². The fraction of sp³-hybridized carbons (Fsp3) is 0.200. The van der Waals surface area contributed by atoms with Crippen molar-refractivity contribution in [1.29, 1.82) is 5.41 Å².